The molecule has 9 heavy (non-hydrogen) atoms. The maximum atomic E-state index is 10.7. The van der Waals surface area contributed by atoms with Crippen LogP contribution in [0.15, 0.2) is 0 Å². The van der Waals surface area contributed by atoms with Crippen molar-refractivity contribution in [3.05, 3.63) is 0 Å². The Morgan fingerprint density at radius 3 is 2.11 bits per heavy atom. The molecule has 0 bridgehead atoms. The van der Waals surface area contributed by atoms with Crippen LogP contribution in [0.3, 0.4) is 0 Å². The van der Waals surface area contributed by atoms with Crippen LogP contribution in [-0.4, -0.2) is 5.66 Å². The SMILES string of the molecule is O=[P+](Cl)C1CCCCC1. The van der Waals surface area contributed by atoms with Crippen molar-refractivity contribution in [2.75, 3.05) is 0 Å². The largest absolute Gasteiger partial charge is 0.457 e. The second kappa shape index (κ2) is 3.53. The van der Waals surface area contributed by atoms with Crippen LogP contribution in [0.4, 0.5) is 0 Å². The van der Waals surface area contributed by atoms with E-state index in [-0.39, 0.29) is 0 Å². The fourth-order valence-corrected chi connectivity index (χ4v) is 2.64. The standard InChI is InChI=1S/C6H11ClOP/c7-9(8)6-4-2-1-3-5-6/h6H,1-5H2/q+1. The summed E-state index contributed by atoms with van der Waals surface area (Å²) < 4.78 is 10.7. The zero-order chi connectivity index (χ0) is 6.69. The van der Waals surface area contributed by atoms with Gasteiger partial charge in [0.1, 0.15) is 0 Å². The van der Waals surface area contributed by atoms with E-state index in [0.29, 0.717) is 5.66 Å². The Kier molecular flexibility index (Phi) is 2.94. The lowest BCUT2D eigenvalue weighted by atomic mass is 10.0. The maximum absolute atomic E-state index is 10.7. The smallest absolute Gasteiger partial charge is 0.0530 e. The molecule has 1 unspecified atom stereocenters. The van der Waals surface area contributed by atoms with E-state index in [4.69, 9.17) is 11.2 Å². The molecule has 0 aromatic rings. The van der Waals surface area contributed by atoms with Gasteiger partial charge in [-0.3, -0.25) is 0 Å². The first-order chi connectivity index (χ1) is 4.30. The molecule has 1 rings (SSSR count). The first-order valence-electron chi connectivity index (χ1n) is 3.43. The third-order valence-corrected chi connectivity index (χ3v) is 3.78. The summed E-state index contributed by atoms with van der Waals surface area (Å²) in [6.07, 6.45) is 5.91. The first kappa shape index (κ1) is 7.50. The minimum atomic E-state index is -1.40. The first-order valence-corrected chi connectivity index (χ1v) is 5.66. The Bertz CT molecular complexity index is 110. The molecule has 0 N–H and O–H groups in total. The predicted molar refractivity (Wildman–Crippen MR) is 40.3 cm³/mol. The third-order valence-electron chi connectivity index (χ3n) is 1.86. The highest BCUT2D eigenvalue weighted by Crippen LogP contribution is 2.41. The van der Waals surface area contributed by atoms with E-state index in [2.05, 4.69) is 0 Å². The van der Waals surface area contributed by atoms with Gasteiger partial charge in [-0.2, -0.15) is 0 Å². The Morgan fingerprint density at radius 2 is 1.78 bits per heavy atom. The minimum absolute atomic E-state index is 0.329. The number of halogens is 1. The lowest BCUT2D eigenvalue weighted by Crippen LogP contribution is -2.05. The van der Waals surface area contributed by atoms with E-state index in [9.17, 15) is 4.57 Å². The van der Waals surface area contributed by atoms with E-state index in [1.54, 1.807) is 0 Å². The Labute approximate surface area is 61.4 Å². The molecule has 1 atom stereocenters. The Morgan fingerprint density at radius 1 is 1.22 bits per heavy atom. The molecule has 3 heteroatoms. The quantitative estimate of drug-likeness (QED) is 0.545. The predicted octanol–water partition coefficient (Wildman–Crippen LogP) is 3.30. The third kappa shape index (κ3) is 2.23. The molecule has 0 saturated heterocycles. The zero-order valence-electron chi connectivity index (χ0n) is 5.35. The minimum Gasteiger partial charge on any atom is -0.0530 e. The second-order valence-electron chi connectivity index (χ2n) is 2.56. The average Bonchev–Trinajstić information content (AvgIpc) is 1.90. The van der Waals surface area contributed by atoms with Gasteiger partial charge < -0.3 is 0 Å². The van der Waals surface area contributed by atoms with Crippen LogP contribution in [0.25, 0.3) is 0 Å². The molecular weight excluding hydrogens is 154 g/mol. The van der Waals surface area contributed by atoms with Crippen molar-refractivity contribution in [2.45, 2.75) is 37.8 Å². The van der Waals surface area contributed by atoms with Crippen molar-refractivity contribution in [2.24, 2.45) is 0 Å². The van der Waals surface area contributed by atoms with Gasteiger partial charge in [-0.25, -0.2) is 0 Å². The van der Waals surface area contributed by atoms with Gasteiger partial charge in [-0.05, 0) is 25.7 Å². The van der Waals surface area contributed by atoms with Crippen molar-refractivity contribution in [3.8, 4) is 0 Å². The lowest BCUT2D eigenvalue weighted by Gasteiger charge is -2.09. The zero-order valence-corrected chi connectivity index (χ0v) is 7.00. The molecule has 0 heterocycles. The van der Waals surface area contributed by atoms with Crippen LogP contribution in [-0.2, 0) is 4.57 Å². The van der Waals surface area contributed by atoms with Crippen molar-refractivity contribution in [1.82, 2.24) is 0 Å². The van der Waals surface area contributed by atoms with Crippen molar-refractivity contribution < 1.29 is 4.57 Å². The van der Waals surface area contributed by atoms with E-state index in [1.807, 2.05) is 0 Å². The van der Waals surface area contributed by atoms with Crippen LogP contribution in [0.1, 0.15) is 32.1 Å². The molecule has 0 aromatic heterocycles. The fraction of sp³-hybridized carbons (Fsp3) is 1.00. The molecule has 1 fully saturated rings. The summed E-state index contributed by atoms with van der Waals surface area (Å²) in [7, 11) is -1.40. The van der Waals surface area contributed by atoms with Gasteiger partial charge >= 0.3 is 7.15 Å². The normalized spacial score (nSPS) is 23.9. The highest BCUT2D eigenvalue weighted by atomic mass is 35.7. The van der Waals surface area contributed by atoms with Crippen molar-refractivity contribution in [3.63, 3.8) is 0 Å². The number of hydrogen-bond donors (Lipinski definition) is 0. The van der Waals surface area contributed by atoms with Crippen LogP contribution in [0.5, 0.6) is 0 Å². The maximum Gasteiger partial charge on any atom is 0.457 e. The van der Waals surface area contributed by atoms with E-state index >= 15 is 0 Å². The summed E-state index contributed by atoms with van der Waals surface area (Å²) in [5.74, 6) is 0. The van der Waals surface area contributed by atoms with Gasteiger partial charge in [0, 0.05) is 0 Å². The van der Waals surface area contributed by atoms with Crippen LogP contribution >= 0.6 is 18.4 Å². The second-order valence-corrected chi connectivity index (χ2v) is 4.84. The summed E-state index contributed by atoms with van der Waals surface area (Å²) >= 11 is 5.47. The Hall–Kier alpha value is 0.390. The summed E-state index contributed by atoms with van der Waals surface area (Å²) in [5, 5.41) is 0. The highest BCUT2D eigenvalue weighted by Gasteiger charge is 2.29. The summed E-state index contributed by atoms with van der Waals surface area (Å²) in [6, 6.07) is 0. The Balaban J connectivity index is 2.31. The van der Waals surface area contributed by atoms with E-state index in [0.717, 1.165) is 12.8 Å². The van der Waals surface area contributed by atoms with Crippen molar-refractivity contribution >= 4 is 18.4 Å². The molecule has 1 aliphatic rings. The molecule has 0 amide bonds. The topological polar surface area (TPSA) is 17.1 Å². The number of hydrogen-bond acceptors (Lipinski definition) is 1. The molecular formula is C6H11ClOP+. The van der Waals surface area contributed by atoms with Crippen molar-refractivity contribution in [1.29, 1.82) is 0 Å². The molecule has 1 saturated carbocycles. The molecule has 0 spiro atoms. The van der Waals surface area contributed by atoms with Gasteiger partial charge in [0.05, 0.1) is 0 Å². The lowest BCUT2D eigenvalue weighted by molar-refractivity contribution is 0.496. The summed E-state index contributed by atoms with van der Waals surface area (Å²) in [5.41, 5.74) is 0.329. The number of rotatable bonds is 1. The van der Waals surface area contributed by atoms with E-state index in [1.165, 1.54) is 19.3 Å². The fourth-order valence-electron chi connectivity index (χ4n) is 1.28. The van der Waals surface area contributed by atoms with Gasteiger partial charge in [-0.15, -0.1) is 0 Å². The van der Waals surface area contributed by atoms with Gasteiger partial charge in [0.25, 0.3) is 0 Å². The van der Waals surface area contributed by atoms with Gasteiger partial charge in [0.2, 0.25) is 11.2 Å². The molecule has 52 valence electrons. The van der Waals surface area contributed by atoms with E-state index < -0.39 is 7.15 Å². The average molecular weight is 166 g/mol. The van der Waals surface area contributed by atoms with Crippen LogP contribution < -0.4 is 0 Å². The highest BCUT2D eigenvalue weighted by molar-refractivity contribution is 7.74. The summed E-state index contributed by atoms with van der Waals surface area (Å²) in [6.45, 7) is 0. The van der Waals surface area contributed by atoms with Gasteiger partial charge in [-0.1, -0.05) is 11.0 Å². The molecule has 1 aliphatic carbocycles. The van der Waals surface area contributed by atoms with Gasteiger partial charge in [0.15, 0.2) is 5.66 Å². The van der Waals surface area contributed by atoms with Crippen LogP contribution in [0, 0.1) is 0 Å². The monoisotopic (exact) mass is 165 g/mol. The molecule has 0 aromatic carbocycles. The summed E-state index contributed by atoms with van der Waals surface area (Å²) in [4.78, 5) is 0. The molecule has 0 radical (unpaired) electrons. The molecule has 1 nitrogen and oxygen atoms in total. The van der Waals surface area contributed by atoms with Crippen LogP contribution in [0.2, 0.25) is 0 Å². The molecule has 0 aliphatic heterocycles.